The summed E-state index contributed by atoms with van der Waals surface area (Å²) in [5.41, 5.74) is 2.93. The summed E-state index contributed by atoms with van der Waals surface area (Å²) >= 11 is 3.39. The Labute approximate surface area is 106 Å². The second-order valence-corrected chi connectivity index (χ2v) is 5.11. The smallest absolute Gasteiger partial charge is 0.197 e. The van der Waals surface area contributed by atoms with Crippen LogP contribution in [0.5, 0.6) is 0 Å². The number of aromatic amines is 1. The van der Waals surface area contributed by atoms with Crippen molar-refractivity contribution in [1.82, 2.24) is 4.98 Å². The monoisotopic (exact) mass is 287 g/mol. The first kappa shape index (κ1) is 10.5. The lowest BCUT2D eigenvalue weighted by molar-refractivity contribution is 1.44. The first-order chi connectivity index (χ1) is 8.15. The largest absolute Gasteiger partial charge is 0.354 e. The van der Waals surface area contributed by atoms with Crippen LogP contribution >= 0.6 is 15.9 Å². The Hall–Kier alpha value is -1.61. The summed E-state index contributed by atoms with van der Waals surface area (Å²) in [5, 5.41) is 1.47. The number of nitrogens with one attached hydrogen (secondary N) is 1. The van der Waals surface area contributed by atoms with Crippen molar-refractivity contribution in [3.8, 4) is 0 Å². The van der Waals surface area contributed by atoms with Gasteiger partial charge in [-0.05, 0) is 37.3 Å². The molecule has 17 heavy (non-hydrogen) atoms. The normalized spacial score (nSPS) is 11.2. The quantitative estimate of drug-likeness (QED) is 0.628. The van der Waals surface area contributed by atoms with Crippen LogP contribution in [0.2, 0.25) is 0 Å². The van der Waals surface area contributed by atoms with E-state index in [1.165, 1.54) is 0 Å². The Balaban J connectivity index is 2.58. The van der Waals surface area contributed by atoms with Crippen LogP contribution in [0.3, 0.4) is 0 Å². The molecule has 0 bridgehead atoms. The highest BCUT2D eigenvalue weighted by atomic mass is 79.9. The van der Waals surface area contributed by atoms with Gasteiger partial charge in [-0.15, -0.1) is 0 Å². The van der Waals surface area contributed by atoms with Crippen LogP contribution in [0.4, 0.5) is 0 Å². The van der Waals surface area contributed by atoms with Crippen molar-refractivity contribution in [2.75, 3.05) is 0 Å². The van der Waals surface area contributed by atoms with E-state index < -0.39 is 0 Å². The predicted octanol–water partition coefficient (Wildman–Crippen LogP) is 3.75. The van der Waals surface area contributed by atoms with Gasteiger partial charge in [-0.3, -0.25) is 4.79 Å². The molecule has 1 aromatic heterocycles. The zero-order chi connectivity index (χ0) is 12.0. The highest BCUT2D eigenvalue weighted by Gasteiger charge is 2.05. The van der Waals surface area contributed by atoms with Crippen LogP contribution in [-0.2, 0) is 0 Å². The molecule has 0 saturated heterocycles. The molecular weight excluding hydrogens is 278 g/mol. The molecule has 0 unspecified atom stereocenters. The highest BCUT2D eigenvalue weighted by Crippen LogP contribution is 2.19. The van der Waals surface area contributed by atoms with Crippen molar-refractivity contribution in [2.24, 2.45) is 0 Å². The molecule has 0 fully saturated rings. The first-order valence-electron chi connectivity index (χ1n) is 5.37. The van der Waals surface area contributed by atoms with Gasteiger partial charge in [-0.2, -0.15) is 0 Å². The van der Waals surface area contributed by atoms with Gasteiger partial charge in [0.05, 0.1) is 0 Å². The van der Waals surface area contributed by atoms with Gasteiger partial charge >= 0.3 is 0 Å². The molecule has 0 radical (unpaired) electrons. The lowest BCUT2D eigenvalue weighted by atomic mass is 10.1. The fraction of sp³-hybridized carbons (Fsp3) is 0.0714. The van der Waals surface area contributed by atoms with Crippen LogP contribution in [0.15, 0.2) is 45.7 Å². The average molecular weight is 288 g/mol. The lowest BCUT2D eigenvalue weighted by Crippen LogP contribution is -2.04. The van der Waals surface area contributed by atoms with Crippen LogP contribution in [0.25, 0.3) is 21.8 Å². The molecule has 1 N–H and O–H groups in total. The Morgan fingerprint density at radius 1 is 1.00 bits per heavy atom. The van der Waals surface area contributed by atoms with Gasteiger partial charge in [0.15, 0.2) is 5.43 Å². The minimum Gasteiger partial charge on any atom is -0.354 e. The molecule has 0 aliphatic heterocycles. The number of benzene rings is 2. The SMILES string of the molecule is Cc1ccc2[nH]c3ccc(Br)cc3c(=O)c2c1. The zero-order valence-electron chi connectivity index (χ0n) is 9.25. The highest BCUT2D eigenvalue weighted by molar-refractivity contribution is 9.10. The van der Waals surface area contributed by atoms with E-state index in [1.54, 1.807) is 0 Å². The van der Waals surface area contributed by atoms with Crippen LogP contribution in [-0.4, -0.2) is 4.98 Å². The zero-order valence-corrected chi connectivity index (χ0v) is 10.8. The number of aromatic nitrogens is 1. The Kier molecular flexibility index (Phi) is 2.30. The second kappa shape index (κ2) is 3.70. The average Bonchev–Trinajstić information content (AvgIpc) is 2.32. The summed E-state index contributed by atoms with van der Waals surface area (Å²) in [7, 11) is 0. The molecule has 0 amide bonds. The van der Waals surface area contributed by atoms with Crippen molar-refractivity contribution in [3.63, 3.8) is 0 Å². The third-order valence-electron chi connectivity index (χ3n) is 2.92. The molecular formula is C14H10BrNO. The maximum Gasteiger partial charge on any atom is 0.197 e. The van der Waals surface area contributed by atoms with Gasteiger partial charge in [0.1, 0.15) is 0 Å². The predicted molar refractivity (Wildman–Crippen MR) is 74.5 cm³/mol. The summed E-state index contributed by atoms with van der Waals surface area (Å²) in [6.45, 7) is 1.99. The molecule has 0 spiro atoms. The number of pyridine rings is 1. The number of hydrogen-bond donors (Lipinski definition) is 1. The minimum atomic E-state index is 0.0822. The van der Waals surface area contributed by atoms with E-state index in [-0.39, 0.29) is 5.43 Å². The second-order valence-electron chi connectivity index (χ2n) is 4.19. The molecule has 3 aromatic rings. The molecule has 2 nitrogen and oxygen atoms in total. The summed E-state index contributed by atoms with van der Waals surface area (Å²) < 4.78 is 0.919. The van der Waals surface area contributed by atoms with Gasteiger partial charge in [-0.25, -0.2) is 0 Å². The topological polar surface area (TPSA) is 32.9 Å². The third-order valence-corrected chi connectivity index (χ3v) is 3.41. The fourth-order valence-electron chi connectivity index (χ4n) is 2.06. The van der Waals surface area contributed by atoms with E-state index in [2.05, 4.69) is 20.9 Å². The van der Waals surface area contributed by atoms with E-state index in [0.29, 0.717) is 0 Å². The molecule has 2 aromatic carbocycles. The molecule has 3 heteroatoms. The Bertz CT molecular complexity index is 726. The first-order valence-corrected chi connectivity index (χ1v) is 6.16. The van der Waals surface area contributed by atoms with Gasteiger partial charge in [0.25, 0.3) is 0 Å². The lowest BCUT2D eigenvalue weighted by Gasteiger charge is -2.03. The van der Waals surface area contributed by atoms with E-state index in [1.807, 2.05) is 43.3 Å². The maximum absolute atomic E-state index is 12.4. The number of aryl methyl sites for hydroxylation is 1. The summed E-state index contributed by atoms with van der Waals surface area (Å²) in [6, 6.07) is 11.6. The number of rotatable bonds is 0. The Morgan fingerprint density at radius 2 is 1.65 bits per heavy atom. The van der Waals surface area contributed by atoms with Gasteiger partial charge < -0.3 is 4.98 Å². The van der Waals surface area contributed by atoms with E-state index in [0.717, 1.165) is 31.8 Å². The van der Waals surface area contributed by atoms with Crippen molar-refractivity contribution < 1.29 is 0 Å². The van der Waals surface area contributed by atoms with Crippen molar-refractivity contribution in [1.29, 1.82) is 0 Å². The van der Waals surface area contributed by atoms with Gasteiger partial charge in [0.2, 0.25) is 0 Å². The third kappa shape index (κ3) is 1.67. The van der Waals surface area contributed by atoms with Crippen molar-refractivity contribution in [3.05, 3.63) is 56.7 Å². The molecule has 0 atom stereocenters. The van der Waals surface area contributed by atoms with Crippen LogP contribution < -0.4 is 5.43 Å². The molecule has 3 rings (SSSR count). The molecule has 84 valence electrons. The van der Waals surface area contributed by atoms with Crippen molar-refractivity contribution in [2.45, 2.75) is 6.92 Å². The fourth-order valence-corrected chi connectivity index (χ4v) is 2.42. The molecule has 1 heterocycles. The van der Waals surface area contributed by atoms with E-state index in [4.69, 9.17) is 0 Å². The maximum atomic E-state index is 12.4. The molecule has 0 saturated carbocycles. The van der Waals surface area contributed by atoms with Crippen LogP contribution in [0, 0.1) is 6.92 Å². The van der Waals surface area contributed by atoms with E-state index >= 15 is 0 Å². The number of H-pyrrole nitrogens is 1. The van der Waals surface area contributed by atoms with Crippen LogP contribution in [0.1, 0.15) is 5.56 Å². The molecule has 0 aliphatic carbocycles. The number of halogens is 1. The van der Waals surface area contributed by atoms with Gasteiger partial charge in [0, 0.05) is 26.3 Å². The summed E-state index contributed by atoms with van der Waals surface area (Å²) in [4.78, 5) is 15.6. The standard InChI is InChI=1S/C14H10BrNO/c1-8-2-4-12-10(6-8)14(17)11-7-9(15)3-5-13(11)16-12/h2-7H,1H3,(H,16,17). The van der Waals surface area contributed by atoms with E-state index in [9.17, 15) is 4.79 Å². The Morgan fingerprint density at radius 3 is 2.41 bits per heavy atom. The summed E-state index contributed by atoms with van der Waals surface area (Å²) in [5.74, 6) is 0. The number of fused-ring (bicyclic) bond motifs is 2. The number of hydrogen-bond acceptors (Lipinski definition) is 1. The van der Waals surface area contributed by atoms with Gasteiger partial charge in [-0.1, -0.05) is 27.6 Å². The van der Waals surface area contributed by atoms with Crippen molar-refractivity contribution >= 4 is 37.7 Å². The molecule has 0 aliphatic rings. The summed E-state index contributed by atoms with van der Waals surface area (Å²) in [6.07, 6.45) is 0. The minimum absolute atomic E-state index is 0.0822.